The van der Waals surface area contributed by atoms with E-state index in [0.717, 1.165) is 50.1 Å². The van der Waals surface area contributed by atoms with Crippen LogP contribution in [0.4, 0.5) is 19.3 Å². The lowest BCUT2D eigenvalue weighted by atomic mass is 9.95. The number of aryl methyl sites for hydroxylation is 1. The molecule has 1 fully saturated rings. The predicted octanol–water partition coefficient (Wildman–Crippen LogP) is 5.86. The molecule has 0 saturated carbocycles. The van der Waals surface area contributed by atoms with Crippen LogP contribution in [0.25, 0.3) is 5.57 Å². The van der Waals surface area contributed by atoms with E-state index in [-0.39, 0.29) is 11.7 Å². The molecule has 1 aromatic rings. The van der Waals surface area contributed by atoms with Crippen LogP contribution in [0.2, 0.25) is 0 Å². The van der Waals surface area contributed by atoms with Gasteiger partial charge in [-0.2, -0.15) is 0 Å². The van der Waals surface area contributed by atoms with Crippen molar-refractivity contribution in [3.63, 3.8) is 0 Å². The van der Waals surface area contributed by atoms with Crippen LogP contribution in [-0.2, 0) is 11.2 Å². The number of hydrogen-bond acceptors (Lipinski definition) is 7. The van der Waals surface area contributed by atoms with Gasteiger partial charge in [0.15, 0.2) is 0 Å². The number of allylic oxidation sites excluding steroid dienone is 1. The minimum atomic E-state index is -2.56. The number of halogens is 2. The summed E-state index contributed by atoms with van der Waals surface area (Å²) in [5, 5.41) is 10.0. The quantitative estimate of drug-likeness (QED) is 0.289. The maximum absolute atomic E-state index is 13.3. The van der Waals surface area contributed by atoms with Crippen molar-refractivity contribution in [1.82, 2.24) is 15.5 Å². The second-order valence-corrected chi connectivity index (χ2v) is 11.5. The summed E-state index contributed by atoms with van der Waals surface area (Å²) in [5.74, 6) is 0. The van der Waals surface area contributed by atoms with E-state index in [4.69, 9.17) is 10.5 Å². The molecule has 2 aliphatic rings. The van der Waals surface area contributed by atoms with E-state index in [1.807, 2.05) is 27.7 Å². The van der Waals surface area contributed by atoms with Gasteiger partial charge in [0.1, 0.15) is 5.60 Å². The zero-order chi connectivity index (χ0) is 30.6. The van der Waals surface area contributed by atoms with Gasteiger partial charge < -0.3 is 31.3 Å². The van der Waals surface area contributed by atoms with E-state index in [1.165, 1.54) is 42.6 Å². The lowest BCUT2D eigenvalue weighted by Gasteiger charge is -2.34. The molecule has 41 heavy (non-hydrogen) atoms. The number of nitrogens with zero attached hydrogens (tertiary/aromatic N) is 2. The maximum atomic E-state index is 13.3. The summed E-state index contributed by atoms with van der Waals surface area (Å²) in [6.07, 6.45) is 5.03. The fourth-order valence-corrected chi connectivity index (χ4v) is 4.95. The van der Waals surface area contributed by atoms with Gasteiger partial charge in [0.25, 0.3) is 6.43 Å². The third-order valence-corrected chi connectivity index (χ3v) is 7.00. The number of aliphatic imine (C=N–C) groups is 1. The summed E-state index contributed by atoms with van der Waals surface area (Å²) < 4.78 is 32.0. The average Bonchev–Trinajstić information content (AvgIpc) is 2.92. The highest BCUT2D eigenvalue weighted by atomic mass is 19.3. The standard InChI is InChI=1S/C16H29N3O2.C15H21F2N3/c1-12-11-19(15(20)21-16(2,3)4)10-7-14(12)18-13-5-8-17-9-6-13;1-4-5-10-6-12(11(8-18)9-19-2)13(15(16)17)7-14(10)20-3/h13,17-18H,5-11H2,1-4H3;6-9,15,20H,4-5,18H2,1-3H3/b;11-8+,19-9?. The number of nitrogens with one attached hydrogen (secondary N) is 3. The van der Waals surface area contributed by atoms with Gasteiger partial charge in [-0.15, -0.1) is 0 Å². The SMILES string of the molecule is CC1=C(NC2CCNCC2)CCN(C(=O)OC(C)(C)C)C1.CCCc1cc(/C(C=NC)=C/N)c(C(F)F)cc1NC. The van der Waals surface area contributed by atoms with E-state index in [9.17, 15) is 13.6 Å². The second-order valence-electron chi connectivity index (χ2n) is 11.5. The van der Waals surface area contributed by atoms with Crippen LogP contribution < -0.4 is 21.7 Å². The highest BCUT2D eigenvalue weighted by molar-refractivity contribution is 6.10. The normalized spacial score (nSPS) is 17.0. The zero-order valence-corrected chi connectivity index (χ0v) is 25.9. The Hall–Kier alpha value is -3.14. The van der Waals surface area contributed by atoms with Gasteiger partial charge in [-0.25, -0.2) is 13.6 Å². The molecule has 0 unspecified atom stereocenters. The molecular formula is C31H50F2N6O2. The van der Waals surface area contributed by atoms with Crippen LogP contribution in [0.1, 0.15) is 83.4 Å². The highest BCUT2D eigenvalue weighted by Gasteiger charge is 2.26. The van der Waals surface area contributed by atoms with E-state index < -0.39 is 12.0 Å². The summed E-state index contributed by atoms with van der Waals surface area (Å²) >= 11 is 0. The topological polar surface area (TPSA) is 104 Å². The van der Waals surface area contributed by atoms with Crippen LogP contribution in [0.3, 0.4) is 0 Å². The van der Waals surface area contributed by atoms with Crippen molar-refractivity contribution in [3.05, 3.63) is 46.3 Å². The van der Waals surface area contributed by atoms with Gasteiger partial charge in [-0.05, 0) is 88.9 Å². The minimum absolute atomic E-state index is 0.0363. The first kappa shape index (κ1) is 34.1. The Morgan fingerprint density at radius 1 is 1.29 bits per heavy atom. The monoisotopic (exact) mass is 576 g/mol. The Morgan fingerprint density at radius 2 is 1.98 bits per heavy atom. The molecule has 2 heterocycles. The molecule has 8 nitrogen and oxygen atoms in total. The minimum Gasteiger partial charge on any atom is -0.444 e. The van der Waals surface area contributed by atoms with Gasteiger partial charge in [-0.3, -0.25) is 4.99 Å². The van der Waals surface area contributed by atoms with Crippen molar-refractivity contribution in [1.29, 1.82) is 0 Å². The molecule has 3 rings (SSSR count). The molecule has 1 saturated heterocycles. The first-order chi connectivity index (χ1) is 19.4. The highest BCUT2D eigenvalue weighted by Crippen LogP contribution is 2.33. The molecule has 5 N–H and O–H groups in total. The molecule has 0 atom stereocenters. The number of hydrogen-bond donors (Lipinski definition) is 4. The maximum Gasteiger partial charge on any atom is 0.410 e. The fourth-order valence-electron chi connectivity index (χ4n) is 4.95. The number of nitrogens with two attached hydrogens (primary N) is 1. The largest absolute Gasteiger partial charge is 0.444 e. The first-order valence-corrected chi connectivity index (χ1v) is 14.5. The van der Waals surface area contributed by atoms with E-state index >= 15 is 0 Å². The van der Waals surface area contributed by atoms with Gasteiger partial charge in [-0.1, -0.05) is 13.3 Å². The predicted molar refractivity (Wildman–Crippen MR) is 166 cm³/mol. The van der Waals surface area contributed by atoms with Crippen molar-refractivity contribution in [2.45, 2.75) is 84.8 Å². The molecule has 2 aliphatic heterocycles. The number of ether oxygens (including phenoxy) is 1. The number of amides is 1. The van der Waals surface area contributed by atoms with Gasteiger partial charge in [0.2, 0.25) is 0 Å². The molecule has 0 aromatic heterocycles. The van der Waals surface area contributed by atoms with Crippen molar-refractivity contribution in [3.8, 4) is 0 Å². The molecule has 0 radical (unpaired) electrons. The van der Waals surface area contributed by atoms with Crippen LogP contribution in [0, 0.1) is 0 Å². The molecule has 0 aliphatic carbocycles. The van der Waals surface area contributed by atoms with E-state index in [1.54, 1.807) is 25.1 Å². The first-order valence-electron chi connectivity index (χ1n) is 14.5. The molecule has 0 bridgehead atoms. The number of rotatable bonds is 8. The average molecular weight is 577 g/mol. The van der Waals surface area contributed by atoms with E-state index in [0.29, 0.717) is 23.7 Å². The molecule has 1 aromatic carbocycles. The second kappa shape index (κ2) is 16.3. The van der Waals surface area contributed by atoms with Crippen LogP contribution in [-0.4, -0.2) is 69.1 Å². The lowest BCUT2D eigenvalue weighted by molar-refractivity contribution is 0.0257. The third kappa shape index (κ3) is 10.6. The molecular weight excluding hydrogens is 526 g/mol. The van der Waals surface area contributed by atoms with Crippen LogP contribution >= 0.6 is 0 Å². The number of alkyl halides is 2. The Labute approximate surface area is 244 Å². The molecule has 10 heteroatoms. The summed E-state index contributed by atoms with van der Waals surface area (Å²) in [5.41, 5.74) is 10.3. The number of benzene rings is 1. The lowest BCUT2D eigenvalue weighted by Crippen LogP contribution is -2.44. The summed E-state index contributed by atoms with van der Waals surface area (Å²) in [4.78, 5) is 17.8. The van der Waals surface area contributed by atoms with Crippen molar-refractivity contribution >= 4 is 23.6 Å². The van der Waals surface area contributed by atoms with Crippen molar-refractivity contribution in [2.75, 3.05) is 45.6 Å². The summed E-state index contributed by atoms with van der Waals surface area (Å²) in [6, 6.07) is 3.85. The van der Waals surface area contributed by atoms with Gasteiger partial charge in [0, 0.05) is 74.6 Å². The number of carbonyl (C=O) groups excluding carboxylic acids is 1. The summed E-state index contributed by atoms with van der Waals surface area (Å²) in [7, 11) is 3.32. The Bertz CT molecular complexity index is 1090. The fraction of sp³-hybridized carbons (Fsp3) is 0.613. The zero-order valence-electron chi connectivity index (χ0n) is 25.9. The summed E-state index contributed by atoms with van der Waals surface area (Å²) in [6.45, 7) is 13.5. The Balaban J connectivity index is 0.000000287. The third-order valence-electron chi connectivity index (χ3n) is 7.00. The van der Waals surface area contributed by atoms with Gasteiger partial charge >= 0.3 is 6.09 Å². The smallest absolute Gasteiger partial charge is 0.410 e. The number of carbonyl (C=O) groups is 1. The molecule has 230 valence electrons. The number of piperidine rings is 1. The van der Waals surface area contributed by atoms with Crippen LogP contribution in [0.15, 0.2) is 34.6 Å². The number of anilines is 1. The molecule has 1 amide bonds. The van der Waals surface area contributed by atoms with Gasteiger partial charge in [0.05, 0.1) is 0 Å². The van der Waals surface area contributed by atoms with Crippen molar-refractivity contribution in [2.24, 2.45) is 10.7 Å². The van der Waals surface area contributed by atoms with Crippen molar-refractivity contribution < 1.29 is 18.3 Å². The Kier molecular flexibility index (Phi) is 13.6. The van der Waals surface area contributed by atoms with Crippen LogP contribution in [0.5, 0.6) is 0 Å². The van der Waals surface area contributed by atoms with E-state index in [2.05, 4.69) is 27.9 Å². The molecule has 0 spiro atoms. The Morgan fingerprint density at radius 3 is 2.49 bits per heavy atom.